The number of thioether (sulfide) groups is 1. The van der Waals surface area contributed by atoms with Gasteiger partial charge in [0.15, 0.2) is 11.0 Å². The van der Waals surface area contributed by atoms with Crippen molar-refractivity contribution in [2.24, 2.45) is 7.05 Å². The summed E-state index contributed by atoms with van der Waals surface area (Å²) >= 11 is 1.44. The molecule has 1 aromatic carbocycles. The second-order valence-corrected chi connectivity index (χ2v) is 5.79. The maximum Gasteiger partial charge on any atom is 0.225 e. The molecule has 0 atom stereocenters. The van der Waals surface area contributed by atoms with Crippen LogP contribution < -0.4 is 16.2 Å². The molecule has 0 saturated heterocycles. The highest BCUT2D eigenvalue weighted by Crippen LogP contribution is 2.25. The van der Waals surface area contributed by atoms with Crippen LogP contribution in [0.5, 0.6) is 5.75 Å². The number of hydrogen-bond acceptors (Lipinski definition) is 9. The summed E-state index contributed by atoms with van der Waals surface area (Å²) in [5.74, 6) is 2.73. The number of nitrogens with two attached hydrogens (primary N) is 2. The maximum atomic E-state index is 5.57. The number of aromatic nitrogens is 6. The van der Waals surface area contributed by atoms with Gasteiger partial charge in [-0.05, 0) is 24.3 Å². The van der Waals surface area contributed by atoms with Crippen molar-refractivity contribution in [3.8, 4) is 17.1 Å². The number of nitrogen functional groups attached to an aromatic ring is 2. The van der Waals surface area contributed by atoms with Gasteiger partial charge >= 0.3 is 0 Å². The van der Waals surface area contributed by atoms with Crippen molar-refractivity contribution >= 4 is 23.7 Å². The number of anilines is 2. The van der Waals surface area contributed by atoms with Crippen molar-refractivity contribution in [2.75, 3.05) is 18.6 Å². The first-order chi connectivity index (χ1) is 11.6. The molecule has 9 nitrogen and oxygen atoms in total. The lowest BCUT2D eigenvalue weighted by molar-refractivity contribution is 0.415. The Bertz CT molecular complexity index is 828. The van der Waals surface area contributed by atoms with E-state index in [1.54, 1.807) is 7.11 Å². The fraction of sp³-hybridized carbons (Fsp3) is 0.214. The second-order valence-electron chi connectivity index (χ2n) is 4.85. The minimum atomic E-state index is 0.106. The number of methoxy groups -OCH3 is 1. The van der Waals surface area contributed by atoms with Crippen LogP contribution in [-0.2, 0) is 12.8 Å². The predicted octanol–water partition coefficient (Wildman–Crippen LogP) is 1.13. The fourth-order valence-corrected chi connectivity index (χ4v) is 2.85. The van der Waals surface area contributed by atoms with Gasteiger partial charge < -0.3 is 20.8 Å². The van der Waals surface area contributed by atoms with E-state index in [-0.39, 0.29) is 11.9 Å². The van der Waals surface area contributed by atoms with E-state index in [1.807, 2.05) is 35.9 Å². The zero-order valence-electron chi connectivity index (χ0n) is 13.2. The van der Waals surface area contributed by atoms with Gasteiger partial charge in [0, 0.05) is 12.6 Å². The average molecular weight is 344 g/mol. The monoisotopic (exact) mass is 344 g/mol. The zero-order chi connectivity index (χ0) is 17.1. The van der Waals surface area contributed by atoms with Crippen LogP contribution in [-0.4, -0.2) is 36.8 Å². The normalized spacial score (nSPS) is 10.8. The van der Waals surface area contributed by atoms with Crippen molar-refractivity contribution in [1.29, 1.82) is 0 Å². The Hall–Kier alpha value is -2.88. The molecule has 0 radical (unpaired) electrons. The van der Waals surface area contributed by atoms with Gasteiger partial charge in [0.05, 0.1) is 12.9 Å². The molecule has 10 heteroatoms. The van der Waals surface area contributed by atoms with E-state index >= 15 is 0 Å². The Morgan fingerprint density at radius 2 is 1.71 bits per heavy atom. The van der Waals surface area contributed by atoms with Crippen molar-refractivity contribution < 1.29 is 4.74 Å². The molecular formula is C14H16N8OS. The van der Waals surface area contributed by atoms with Gasteiger partial charge in [0.25, 0.3) is 0 Å². The SMILES string of the molecule is COc1ccc(-c2nnc(SCc3nc(N)nc(N)n3)n2C)cc1. The second kappa shape index (κ2) is 6.71. The first kappa shape index (κ1) is 16.0. The molecule has 0 aliphatic rings. The average Bonchev–Trinajstić information content (AvgIpc) is 2.93. The Kier molecular flexibility index (Phi) is 4.47. The summed E-state index contributed by atoms with van der Waals surface area (Å²) in [5, 5.41) is 9.18. The lowest BCUT2D eigenvalue weighted by Crippen LogP contribution is -2.06. The first-order valence-electron chi connectivity index (χ1n) is 6.99. The maximum absolute atomic E-state index is 5.57. The molecule has 0 aliphatic carbocycles. The van der Waals surface area contributed by atoms with Crippen molar-refractivity contribution in [3.63, 3.8) is 0 Å². The van der Waals surface area contributed by atoms with Crippen LogP contribution >= 0.6 is 11.8 Å². The van der Waals surface area contributed by atoms with E-state index < -0.39 is 0 Å². The molecule has 0 amide bonds. The first-order valence-corrected chi connectivity index (χ1v) is 7.98. The van der Waals surface area contributed by atoms with Gasteiger partial charge in [-0.25, -0.2) is 0 Å². The van der Waals surface area contributed by atoms with E-state index in [9.17, 15) is 0 Å². The molecule has 2 heterocycles. The van der Waals surface area contributed by atoms with E-state index in [1.165, 1.54) is 11.8 Å². The highest BCUT2D eigenvalue weighted by molar-refractivity contribution is 7.98. The molecule has 0 aliphatic heterocycles. The molecule has 24 heavy (non-hydrogen) atoms. The van der Waals surface area contributed by atoms with E-state index in [0.717, 1.165) is 22.3 Å². The molecule has 4 N–H and O–H groups in total. The van der Waals surface area contributed by atoms with Crippen LogP contribution in [0.3, 0.4) is 0 Å². The molecule has 0 saturated carbocycles. The van der Waals surface area contributed by atoms with Crippen LogP contribution in [0.15, 0.2) is 29.4 Å². The quantitative estimate of drug-likeness (QED) is 0.654. The molecule has 0 unspecified atom stereocenters. The van der Waals surface area contributed by atoms with Gasteiger partial charge in [-0.3, -0.25) is 0 Å². The standard InChI is InChI=1S/C14H16N8OS/c1-22-11(8-3-5-9(23-2)6-4-8)20-21-14(22)24-7-10-17-12(15)19-13(16)18-10/h3-6H,7H2,1-2H3,(H4,15,16,17,18,19). The fourth-order valence-electron chi connectivity index (χ4n) is 2.08. The lowest BCUT2D eigenvalue weighted by Gasteiger charge is -2.05. The van der Waals surface area contributed by atoms with E-state index in [2.05, 4.69) is 25.1 Å². The number of hydrogen-bond donors (Lipinski definition) is 2. The molecule has 0 spiro atoms. The van der Waals surface area contributed by atoms with Gasteiger partial charge in [0.2, 0.25) is 11.9 Å². The number of rotatable bonds is 5. The minimum absolute atomic E-state index is 0.106. The molecule has 3 rings (SSSR count). The molecule has 2 aromatic heterocycles. The number of nitrogens with zero attached hydrogens (tertiary/aromatic N) is 6. The van der Waals surface area contributed by atoms with E-state index in [4.69, 9.17) is 16.2 Å². The molecule has 0 fully saturated rings. The number of benzene rings is 1. The smallest absolute Gasteiger partial charge is 0.225 e. The molecule has 3 aromatic rings. The Labute approximate surface area is 142 Å². The molecule has 0 bridgehead atoms. The van der Waals surface area contributed by atoms with Crippen LogP contribution in [0.25, 0.3) is 11.4 Å². The zero-order valence-corrected chi connectivity index (χ0v) is 14.0. The Morgan fingerprint density at radius 1 is 1.04 bits per heavy atom. The topological polar surface area (TPSA) is 131 Å². The van der Waals surface area contributed by atoms with E-state index in [0.29, 0.717) is 11.6 Å². The number of ether oxygens (including phenoxy) is 1. The van der Waals surface area contributed by atoms with Crippen molar-refractivity contribution in [2.45, 2.75) is 10.9 Å². The van der Waals surface area contributed by atoms with Crippen LogP contribution in [0.1, 0.15) is 5.82 Å². The highest BCUT2D eigenvalue weighted by atomic mass is 32.2. The van der Waals surface area contributed by atoms with Gasteiger partial charge in [-0.2, -0.15) is 15.0 Å². The molecule has 124 valence electrons. The summed E-state index contributed by atoms with van der Waals surface area (Å²) in [6, 6.07) is 7.63. The van der Waals surface area contributed by atoms with Crippen molar-refractivity contribution in [3.05, 3.63) is 30.1 Å². The summed E-state index contributed by atoms with van der Waals surface area (Å²) in [4.78, 5) is 11.8. The third kappa shape index (κ3) is 3.38. The third-order valence-corrected chi connectivity index (χ3v) is 4.25. The Balaban J connectivity index is 1.76. The van der Waals surface area contributed by atoms with Crippen molar-refractivity contribution in [1.82, 2.24) is 29.7 Å². The highest BCUT2D eigenvalue weighted by Gasteiger charge is 2.12. The predicted molar refractivity (Wildman–Crippen MR) is 91.2 cm³/mol. The summed E-state index contributed by atoms with van der Waals surface area (Å²) < 4.78 is 7.06. The van der Waals surface area contributed by atoms with Crippen LogP contribution in [0.2, 0.25) is 0 Å². The lowest BCUT2D eigenvalue weighted by atomic mass is 10.2. The third-order valence-electron chi connectivity index (χ3n) is 3.23. The largest absolute Gasteiger partial charge is 0.497 e. The summed E-state index contributed by atoms with van der Waals surface area (Å²) in [6.45, 7) is 0. The van der Waals surface area contributed by atoms with Gasteiger partial charge in [-0.15, -0.1) is 10.2 Å². The minimum Gasteiger partial charge on any atom is -0.497 e. The summed E-state index contributed by atoms with van der Waals surface area (Å²) in [5.41, 5.74) is 12.1. The van der Waals surface area contributed by atoms with Gasteiger partial charge in [0.1, 0.15) is 11.6 Å². The summed E-state index contributed by atoms with van der Waals surface area (Å²) in [7, 11) is 3.53. The summed E-state index contributed by atoms with van der Waals surface area (Å²) in [6.07, 6.45) is 0. The van der Waals surface area contributed by atoms with Crippen LogP contribution in [0, 0.1) is 0 Å². The van der Waals surface area contributed by atoms with Gasteiger partial charge in [-0.1, -0.05) is 11.8 Å². The molecular weight excluding hydrogens is 328 g/mol. The van der Waals surface area contributed by atoms with Crippen LogP contribution in [0.4, 0.5) is 11.9 Å². The Morgan fingerprint density at radius 3 is 2.33 bits per heavy atom.